The smallest absolute Gasteiger partial charge is 0.120 e. The van der Waals surface area contributed by atoms with Crippen molar-refractivity contribution in [2.24, 2.45) is 0 Å². The van der Waals surface area contributed by atoms with E-state index in [1.54, 1.807) is 0 Å². The largest absolute Gasteiger partial charge is 0.494 e. The number of benzene rings is 1. The molecule has 0 aliphatic rings. The van der Waals surface area contributed by atoms with Crippen LogP contribution < -0.4 is 4.74 Å². The fraction of sp³-hybridized carbons (Fsp3) is 0.500. The minimum Gasteiger partial charge on any atom is -0.494 e. The second kappa shape index (κ2) is 9.77. The summed E-state index contributed by atoms with van der Waals surface area (Å²) in [7, 11) is 0. The summed E-state index contributed by atoms with van der Waals surface area (Å²) in [5.41, 5.74) is 8.70. The summed E-state index contributed by atoms with van der Waals surface area (Å²) in [6, 6.07) is 6.49. The zero-order valence-electron chi connectivity index (χ0n) is 18.5. The van der Waals surface area contributed by atoms with Crippen LogP contribution in [0.25, 0.3) is 22.3 Å². The van der Waals surface area contributed by atoms with Gasteiger partial charge in [0.15, 0.2) is 0 Å². The van der Waals surface area contributed by atoms with E-state index in [-0.39, 0.29) is 0 Å². The highest BCUT2D eigenvalue weighted by Gasteiger charge is 2.15. The number of H-pyrrole nitrogens is 2. The summed E-state index contributed by atoms with van der Waals surface area (Å²) in [6.45, 7) is 11.2. The molecule has 3 aromatic rings. The van der Waals surface area contributed by atoms with Gasteiger partial charge in [0.1, 0.15) is 5.75 Å². The molecule has 3 rings (SSSR count). The molecule has 5 heteroatoms. The Kier molecular flexibility index (Phi) is 7.13. The number of aryl methyl sites for hydroxylation is 4. The molecule has 5 nitrogen and oxygen atoms in total. The summed E-state index contributed by atoms with van der Waals surface area (Å²) >= 11 is 0. The van der Waals surface area contributed by atoms with Crippen molar-refractivity contribution in [3.05, 3.63) is 41.0 Å². The monoisotopic (exact) mass is 394 g/mol. The first-order valence-electron chi connectivity index (χ1n) is 10.8. The van der Waals surface area contributed by atoms with Gasteiger partial charge in [-0.05, 0) is 63.4 Å². The van der Waals surface area contributed by atoms with E-state index in [4.69, 9.17) is 4.74 Å². The maximum Gasteiger partial charge on any atom is 0.120 e. The third kappa shape index (κ3) is 5.08. The van der Waals surface area contributed by atoms with Crippen molar-refractivity contribution in [2.75, 3.05) is 6.61 Å². The molecular weight excluding hydrogens is 360 g/mol. The molecule has 0 fully saturated rings. The number of aromatic nitrogens is 4. The molecule has 1 aromatic carbocycles. The van der Waals surface area contributed by atoms with Gasteiger partial charge in [0.2, 0.25) is 0 Å². The standard InChI is InChI=1S/C24H34N4O/c1-6-7-8-9-10-11-12-29-22-14-20(23-16(2)25-26-17(23)3)13-21(15-22)24-18(4)27-28-19(24)5/h13-15H,6-12H2,1-5H3,(H,25,26)(H,27,28). The van der Waals surface area contributed by atoms with Crippen LogP contribution in [0.3, 0.4) is 0 Å². The quantitative estimate of drug-likeness (QED) is 0.389. The van der Waals surface area contributed by atoms with Crippen LogP contribution in [0.15, 0.2) is 18.2 Å². The van der Waals surface area contributed by atoms with Crippen molar-refractivity contribution < 1.29 is 4.74 Å². The Labute approximate surface area is 174 Å². The molecule has 0 bridgehead atoms. The van der Waals surface area contributed by atoms with Gasteiger partial charge in [-0.25, -0.2) is 0 Å². The number of rotatable bonds is 10. The van der Waals surface area contributed by atoms with E-state index >= 15 is 0 Å². The van der Waals surface area contributed by atoms with E-state index in [0.717, 1.165) is 63.8 Å². The average Bonchev–Trinajstić information content (AvgIpc) is 3.21. The molecule has 29 heavy (non-hydrogen) atoms. The molecule has 2 N–H and O–H groups in total. The molecule has 0 unspecified atom stereocenters. The van der Waals surface area contributed by atoms with Crippen molar-refractivity contribution in [1.82, 2.24) is 20.4 Å². The molecular formula is C24H34N4O. The van der Waals surface area contributed by atoms with Crippen LogP contribution in [0.1, 0.15) is 68.2 Å². The second-order valence-electron chi connectivity index (χ2n) is 7.98. The predicted molar refractivity (Wildman–Crippen MR) is 119 cm³/mol. The normalized spacial score (nSPS) is 11.2. The van der Waals surface area contributed by atoms with E-state index in [2.05, 4.69) is 59.4 Å². The summed E-state index contributed by atoms with van der Waals surface area (Å²) in [4.78, 5) is 0. The van der Waals surface area contributed by atoms with E-state index in [1.165, 1.54) is 32.1 Å². The van der Waals surface area contributed by atoms with E-state index in [0.29, 0.717) is 0 Å². The van der Waals surface area contributed by atoms with Crippen molar-refractivity contribution in [3.8, 4) is 28.0 Å². The number of ether oxygens (including phenoxy) is 1. The highest BCUT2D eigenvalue weighted by molar-refractivity contribution is 5.79. The van der Waals surface area contributed by atoms with Crippen molar-refractivity contribution in [1.29, 1.82) is 0 Å². The SMILES string of the molecule is CCCCCCCCOc1cc(-c2c(C)n[nH]c2C)cc(-c2c(C)n[nH]c2C)c1. The highest BCUT2D eigenvalue weighted by Crippen LogP contribution is 2.35. The summed E-state index contributed by atoms with van der Waals surface area (Å²) < 4.78 is 6.19. The van der Waals surface area contributed by atoms with Gasteiger partial charge < -0.3 is 4.74 Å². The van der Waals surface area contributed by atoms with Crippen LogP contribution in [-0.2, 0) is 0 Å². The summed E-state index contributed by atoms with van der Waals surface area (Å²) in [6.07, 6.45) is 7.56. The molecule has 0 atom stereocenters. The lowest BCUT2D eigenvalue weighted by molar-refractivity contribution is 0.304. The minimum absolute atomic E-state index is 0.752. The molecule has 0 radical (unpaired) electrons. The molecule has 0 aliphatic heterocycles. The zero-order valence-corrected chi connectivity index (χ0v) is 18.5. The molecule has 0 aliphatic carbocycles. The maximum atomic E-state index is 6.19. The van der Waals surface area contributed by atoms with Crippen LogP contribution in [-0.4, -0.2) is 27.0 Å². The first-order chi connectivity index (χ1) is 14.0. The third-order valence-electron chi connectivity index (χ3n) is 5.51. The zero-order chi connectivity index (χ0) is 20.8. The van der Waals surface area contributed by atoms with Gasteiger partial charge in [-0.2, -0.15) is 10.2 Å². The van der Waals surface area contributed by atoms with Crippen LogP contribution in [0.5, 0.6) is 5.75 Å². The van der Waals surface area contributed by atoms with Gasteiger partial charge in [-0.15, -0.1) is 0 Å². The van der Waals surface area contributed by atoms with Gasteiger partial charge in [-0.1, -0.05) is 39.0 Å². The molecule has 0 spiro atoms. The lowest BCUT2D eigenvalue weighted by atomic mass is 9.96. The minimum atomic E-state index is 0.752. The molecule has 0 amide bonds. The molecule has 0 saturated carbocycles. The van der Waals surface area contributed by atoms with Gasteiger partial charge in [-0.3, -0.25) is 10.2 Å². The molecule has 156 valence electrons. The Morgan fingerprint density at radius 1 is 0.724 bits per heavy atom. The highest BCUT2D eigenvalue weighted by atomic mass is 16.5. The van der Waals surface area contributed by atoms with Gasteiger partial charge in [0, 0.05) is 22.5 Å². The number of nitrogens with one attached hydrogen (secondary N) is 2. The van der Waals surface area contributed by atoms with Crippen molar-refractivity contribution in [2.45, 2.75) is 73.1 Å². The Morgan fingerprint density at radius 3 is 1.72 bits per heavy atom. The molecule has 2 aromatic heterocycles. The summed E-state index contributed by atoms with van der Waals surface area (Å²) in [5.74, 6) is 0.908. The lowest BCUT2D eigenvalue weighted by Gasteiger charge is -2.12. The summed E-state index contributed by atoms with van der Waals surface area (Å²) in [5, 5.41) is 15.0. The third-order valence-corrected chi connectivity index (χ3v) is 5.51. The van der Waals surface area contributed by atoms with E-state index < -0.39 is 0 Å². The second-order valence-corrected chi connectivity index (χ2v) is 7.98. The van der Waals surface area contributed by atoms with Crippen molar-refractivity contribution in [3.63, 3.8) is 0 Å². The first kappa shape index (κ1) is 21.2. The first-order valence-corrected chi connectivity index (χ1v) is 10.8. The topological polar surface area (TPSA) is 66.6 Å². The maximum absolute atomic E-state index is 6.19. The van der Waals surface area contributed by atoms with Crippen LogP contribution in [0, 0.1) is 27.7 Å². The number of unbranched alkanes of at least 4 members (excludes halogenated alkanes) is 5. The van der Waals surface area contributed by atoms with Gasteiger partial charge >= 0.3 is 0 Å². The Balaban J connectivity index is 1.84. The van der Waals surface area contributed by atoms with E-state index in [9.17, 15) is 0 Å². The molecule has 0 saturated heterocycles. The number of nitrogens with zero attached hydrogens (tertiary/aromatic N) is 2. The Morgan fingerprint density at radius 2 is 1.24 bits per heavy atom. The number of aromatic amines is 2. The Bertz CT molecular complexity index is 835. The van der Waals surface area contributed by atoms with Crippen molar-refractivity contribution >= 4 is 0 Å². The average molecular weight is 395 g/mol. The van der Waals surface area contributed by atoms with Gasteiger partial charge in [0.25, 0.3) is 0 Å². The predicted octanol–water partition coefficient (Wildman–Crippen LogP) is 6.44. The number of hydrogen-bond acceptors (Lipinski definition) is 3. The lowest BCUT2D eigenvalue weighted by Crippen LogP contribution is -1.98. The van der Waals surface area contributed by atoms with Gasteiger partial charge in [0.05, 0.1) is 18.0 Å². The fourth-order valence-electron chi connectivity index (χ4n) is 4.00. The Hall–Kier alpha value is -2.56. The van der Waals surface area contributed by atoms with Crippen LogP contribution in [0.4, 0.5) is 0 Å². The fourth-order valence-corrected chi connectivity index (χ4v) is 4.00. The number of hydrogen-bond donors (Lipinski definition) is 2. The molecule has 2 heterocycles. The van der Waals surface area contributed by atoms with Crippen LogP contribution >= 0.6 is 0 Å². The van der Waals surface area contributed by atoms with Crippen LogP contribution in [0.2, 0.25) is 0 Å². The van der Waals surface area contributed by atoms with E-state index in [1.807, 2.05) is 13.8 Å².